The summed E-state index contributed by atoms with van der Waals surface area (Å²) in [5.74, 6) is -4.71. The number of fused-ring (bicyclic) bond motifs is 2. The molecule has 3 amide bonds. The Morgan fingerprint density at radius 1 is 0.946 bits per heavy atom. The van der Waals surface area contributed by atoms with Crippen molar-refractivity contribution in [1.29, 1.82) is 0 Å². The second kappa shape index (κ2) is 8.56. The number of quaternary nitrogens is 1. The molecule has 2 aromatic heterocycles. The third-order valence-electron chi connectivity index (χ3n) is 6.90. The van der Waals surface area contributed by atoms with Crippen LogP contribution in [0.5, 0.6) is 0 Å². The molecule has 8 nitrogen and oxygen atoms in total. The van der Waals surface area contributed by atoms with E-state index in [4.69, 9.17) is 0 Å². The summed E-state index contributed by atoms with van der Waals surface area (Å²) >= 11 is 0. The van der Waals surface area contributed by atoms with Crippen molar-refractivity contribution in [2.75, 3.05) is 31.5 Å². The Bertz CT molecular complexity index is 1520. The second-order valence-corrected chi connectivity index (χ2v) is 8.94. The largest absolute Gasteiger partial charge is 0.426 e. The number of piperazine rings is 1. The molecule has 0 aliphatic carbocycles. The number of benzene rings is 2. The first-order valence-electron chi connectivity index (χ1n) is 11.6. The number of amides is 3. The first-order valence-corrected chi connectivity index (χ1v) is 11.6. The van der Waals surface area contributed by atoms with Gasteiger partial charge in [-0.15, -0.1) is 0 Å². The van der Waals surface area contributed by atoms with Gasteiger partial charge < -0.3 is 4.90 Å². The third kappa shape index (κ3) is 3.66. The number of pyridine rings is 1. The van der Waals surface area contributed by atoms with E-state index in [9.17, 15) is 22.8 Å². The Kier molecular flexibility index (Phi) is 5.30. The Labute approximate surface area is 209 Å². The standard InChI is InChI=1S/C26H19F3N6O2/c27-18-13-17(14-19(28)24(18)29)34-22(16-5-7-30-8-6-16)15-21(32-34)25(36)33-9-11-35(12-10-33)23-4-2-1-3-20(23)31-26(35)37/h1-8,13-15H,9-12H2/p+1. The number of aromatic nitrogens is 3. The number of hydrogen-bond donors (Lipinski definition) is 1. The van der Waals surface area contributed by atoms with Gasteiger partial charge in [0.25, 0.3) is 5.91 Å². The summed E-state index contributed by atoms with van der Waals surface area (Å²) in [6, 6.07) is 13.9. The van der Waals surface area contributed by atoms with Crippen LogP contribution in [-0.4, -0.2) is 57.8 Å². The SMILES string of the molecule is O=C(c1cc(-c2ccncc2)n(-c2cc(F)c(F)c(F)c2)n1)N1CC[N+]2(CC1)C(=O)Nc1ccccc12. The lowest BCUT2D eigenvalue weighted by atomic mass is 10.1. The fourth-order valence-corrected chi connectivity index (χ4v) is 4.97. The second-order valence-electron chi connectivity index (χ2n) is 8.94. The maximum Gasteiger partial charge on any atom is 0.426 e. The van der Waals surface area contributed by atoms with E-state index < -0.39 is 17.5 Å². The molecule has 1 spiro atoms. The van der Waals surface area contributed by atoms with Crippen LogP contribution in [0.3, 0.4) is 0 Å². The Balaban J connectivity index is 1.32. The number of halogens is 3. The summed E-state index contributed by atoms with van der Waals surface area (Å²) in [5.41, 5.74) is 2.60. The van der Waals surface area contributed by atoms with Gasteiger partial charge in [0.05, 0.1) is 24.5 Å². The molecular formula is C26H20F3N6O2+. The highest BCUT2D eigenvalue weighted by atomic mass is 19.2. The zero-order valence-electron chi connectivity index (χ0n) is 19.4. The van der Waals surface area contributed by atoms with Crippen LogP contribution in [0.4, 0.5) is 29.3 Å². The van der Waals surface area contributed by atoms with E-state index in [1.54, 1.807) is 17.0 Å². The summed E-state index contributed by atoms with van der Waals surface area (Å²) in [6.45, 7) is 1.39. The fourth-order valence-electron chi connectivity index (χ4n) is 4.97. The highest BCUT2D eigenvalue weighted by Crippen LogP contribution is 2.39. The van der Waals surface area contributed by atoms with Gasteiger partial charge >= 0.3 is 6.03 Å². The molecule has 0 radical (unpaired) electrons. The number of nitrogens with one attached hydrogen (secondary N) is 1. The van der Waals surface area contributed by atoms with Crippen LogP contribution in [-0.2, 0) is 0 Å². The molecular weight excluding hydrogens is 485 g/mol. The first kappa shape index (κ1) is 22.9. The number of nitrogens with zero attached hydrogens (tertiary/aromatic N) is 5. The van der Waals surface area contributed by atoms with Crippen molar-refractivity contribution >= 4 is 23.3 Å². The third-order valence-corrected chi connectivity index (χ3v) is 6.90. The van der Waals surface area contributed by atoms with E-state index in [0.717, 1.165) is 23.5 Å². The molecule has 2 aliphatic heterocycles. The molecule has 2 aliphatic rings. The Hall–Kier alpha value is -4.51. The summed E-state index contributed by atoms with van der Waals surface area (Å²) in [4.78, 5) is 31.9. The molecule has 1 N–H and O–H groups in total. The summed E-state index contributed by atoms with van der Waals surface area (Å²) in [5, 5.41) is 7.26. The minimum atomic E-state index is -1.59. The predicted octanol–water partition coefficient (Wildman–Crippen LogP) is 4.36. The molecule has 0 bridgehead atoms. The van der Waals surface area contributed by atoms with Crippen LogP contribution in [0.15, 0.2) is 67.0 Å². The lowest BCUT2D eigenvalue weighted by Crippen LogP contribution is -2.63. The van der Waals surface area contributed by atoms with Gasteiger partial charge in [-0.3, -0.25) is 15.1 Å². The fraction of sp³-hybridized carbons (Fsp3) is 0.154. The van der Waals surface area contributed by atoms with Crippen molar-refractivity contribution in [2.24, 2.45) is 0 Å². The Morgan fingerprint density at radius 2 is 1.62 bits per heavy atom. The van der Waals surface area contributed by atoms with Crippen LogP contribution < -0.4 is 9.80 Å². The van der Waals surface area contributed by atoms with Crippen LogP contribution in [0, 0.1) is 17.5 Å². The first-order chi connectivity index (χ1) is 17.9. The van der Waals surface area contributed by atoms with E-state index in [-0.39, 0.29) is 27.8 Å². The van der Waals surface area contributed by atoms with Crippen LogP contribution in [0.1, 0.15) is 10.5 Å². The van der Waals surface area contributed by atoms with Crippen LogP contribution >= 0.6 is 0 Å². The molecule has 1 fully saturated rings. The molecule has 4 aromatic rings. The molecule has 2 aromatic carbocycles. The maximum atomic E-state index is 14.0. The van der Waals surface area contributed by atoms with E-state index in [1.807, 2.05) is 24.3 Å². The van der Waals surface area contributed by atoms with Gasteiger partial charge in [-0.25, -0.2) is 27.1 Å². The summed E-state index contributed by atoms with van der Waals surface area (Å²) in [7, 11) is 0. The van der Waals surface area contributed by atoms with Gasteiger partial charge in [-0.2, -0.15) is 5.10 Å². The predicted molar refractivity (Wildman–Crippen MR) is 130 cm³/mol. The van der Waals surface area contributed by atoms with Gasteiger partial charge in [0.1, 0.15) is 18.8 Å². The molecule has 6 rings (SSSR count). The molecule has 4 heterocycles. The lowest BCUT2D eigenvalue weighted by Gasteiger charge is -2.38. The quantitative estimate of drug-likeness (QED) is 0.332. The van der Waals surface area contributed by atoms with Crippen molar-refractivity contribution in [3.63, 3.8) is 0 Å². The number of carbonyl (C=O) groups excluding carboxylic acids is 2. The highest BCUT2D eigenvalue weighted by molar-refractivity contribution is 6.08. The molecule has 186 valence electrons. The number of rotatable bonds is 3. The van der Waals surface area contributed by atoms with E-state index >= 15 is 0 Å². The van der Waals surface area contributed by atoms with Gasteiger partial charge in [0, 0.05) is 36.2 Å². The van der Waals surface area contributed by atoms with E-state index in [2.05, 4.69) is 15.4 Å². The maximum absolute atomic E-state index is 14.0. The van der Waals surface area contributed by atoms with Crippen LogP contribution in [0.2, 0.25) is 0 Å². The minimum absolute atomic E-state index is 0.0525. The van der Waals surface area contributed by atoms with Gasteiger partial charge in [0.2, 0.25) is 0 Å². The number of anilines is 1. The van der Waals surface area contributed by atoms with Crippen molar-refractivity contribution in [3.05, 3.63) is 90.1 Å². The molecule has 1 saturated heterocycles. The molecule has 37 heavy (non-hydrogen) atoms. The molecule has 11 heteroatoms. The molecule has 0 unspecified atom stereocenters. The van der Waals surface area contributed by atoms with Gasteiger partial charge in [-0.05, 0) is 24.3 Å². The minimum Gasteiger partial charge on any atom is -0.326 e. The number of hydrogen-bond acceptors (Lipinski definition) is 4. The number of carbonyl (C=O) groups is 2. The van der Waals surface area contributed by atoms with Crippen molar-refractivity contribution in [1.82, 2.24) is 24.1 Å². The average Bonchev–Trinajstić information content (AvgIpc) is 3.48. The van der Waals surface area contributed by atoms with Gasteiger partial charge in [-0.1, -0.05) is 12.1 Å². The zero-order valence-corrected chi connectivity index (χ0v) is 19.4. The smallest absolute Gasteiger partial charge is 0.326 e. The van der Waals surface area contributed by atoms with E-state index in [1.165, 1.54) is 23.1 Å². The van der Waals surface area contributed by atoms with Crippen molar-refractivity contribution < 1.29 is 22.8 Å². The van der Waals surface area contributed by atoms with Crippen molar-refractivity contribution in [3.8, 4) is 16.9 Å². The topological polar surface area (TPSA) is 80.1 Å². The van der Waals surface area contributed by atoms with Crippen molar-refractivity contribution in [2.45, 2.75) is 0 Å². The van der Waals surface area contributed by atoms with Gasteiger partial charge in [0.15, 0.2) is 28.8 Å². The van der Waals surface area contributed by atoms with E-state index in [0.29, 0.717) is 37.4 Å². The summed E-state index contributed by atoms with van der Waals surface area (Å²) in [6.07, 6.45) is 3.07. The number of urea groups is 1. The highest BCUT2D eigenvalue weighted by Gasteiger charge is 2.49. The van der Waals surface area contributed by atoms with Crippen LogP contribution in [0.25, 0.3) is 16.9 Å². The molecule has 0 atom stereocenters. The average molecular weight is 505 g/mol. The normalized spacial score (nSPS) is 16.1. The zero-order chi connectivity index (χ0) is 25.7. The lowest BCUT2D eigenvalue weighted by molar-refractivity contribution is 0.0672. The molecule has 0 saturated carbocycles. The summed E-state index contributed by atoms with van der Waals surface area (Å²) < 4.78 is 43.0. The Morgan fingerprint density at radius 3 is 2.32 bits per heavy atom. The monoisotopic (exact) mass is 505 g/mol. The number of para-hydroxylation sites is 2.